The number of benzene rings is 1. The van der Waals surface area contributed by atoms with Gasteiger partial charge in [-0.15, -0.1) is 11.3 Å². The molecule has 1 aromatic carbocycles. The van der Waals surface area contributed by atoms with E-state index in [2.05, 4.69) is 10.3 Å². The maximum atomic E-state index is 13.0. The third-order valence-electron chi connectivity index (χ3n) is 5.92. The van der Waals surface area contributed by atoms with Gasteiger partial charge in [0.05, 0.1) is 11.4 Å². The van der Waals surface area contributed by atoms with Crippen molar-refractivity contribution >= 4 is 29.2 Å². The van der Waals surface area contributed by atoms with Gasteiger partial charge >= 0.3 is 12.0 Å². The second kappa shape index (κ2) is 9.24. The molecule has 2 aliphatic heterocycles. The van der Waals surface area contributed by atoms with Crippen LogP contribution in [0.25, 0.3) is 0 Å². The molecule has 0 radical (unpaired) electrons. The lowest BCUT2D eigenvalue weighted by Crippen LogP contribution is -2.37. The summed E-state index contributed by atoms with van der Waals surface area (Å²) in [7, 11) is 0. The number of hydroxylamine groups is 2. The van der Waals surface area contributed by atoms with E-state index in [0.717, 1.165) is 22.5 Å². The van der Waals surface area contributed by atoms with Crippen LogP contribution < -0.4 is 5.32 Å². The summed E-state index contributed by atoms with van der Waals surface area (Å²) in [5.41, 5.74) is 2.59. The number of carbonyl (C=O) groups excluding carboxylic acids is 2. The summed E-state index contributed by atoms with van der Waals surface area (Å²) < 4.78 is 0. The third kappa shape index (κ3) is 4.13. The van der Waals surface area contributed by atoms with Crippen LogP contribution >= 0.6 is 11.3 Å². The zero-order chi connectivity index (χ0) is 23.7. The number of nitrogens with zero attached hydrogens (tertiary/aromatic N) is 3. The van der Waals surface area contributed by atoms with Gasteiger partial charge in [0.1, 0.15) is 12.6 Å². The van der Waals surface area contributed by atoms with Gasteiger partial charge in [0.15, 0.2) is 6.04 Å². The van der Waals surface area contributed by atoms with E-state index in [1.165, 1.54) is 9.96 Å². The molecule has 0 aliphatic carbocycles. The first-order valence-corrected chi connectivity index (χ1v) is 11.6. The van der Waals surface area contributed by atoms with Crippen LogP contribution in [0.15, 0.2) is 60.9 Å². The number of rotatable bonds is 8. The number of pyridine rings is 1. The van der Waals surface area contributed by atoms with Crippen molar-refractivity contribution in [1.82, 2.24) is 20.3 Å². The van der Waals surface area contributed by atoms with Gasteiger partial charge in [-0.1, -0.05) is 30.3 Å². The van der Waals surface area contributed by atoms with E-state index >= 15 is 0 Å². The van der Waals surface area contributed by atoms with Crippen molar-refractivity contribution in [2.24, 2.45) is 0 Å². The highest BCUT2D eigenvalue weighted by molar-refractivity contribution is 7.14. The van der Waals surface area contributed by atoms with Gasteiger partial charge < -0.3 is 15.3 Å². The number of aliphatic carboxylic acids is 1. The molecule has 34 heavy (non-hydrogen) atoms. The number of aromatic nitrogens is 1. The molecule has 5 rings (SSSR count). The van der Waals surface area contributed by atoms with E-state index in [1.807, 2.05) is 42.5 Å². The zero-order valence-corrected chi connectivity index (χ0v) is 18.9. The molecule has 174 valence electrons. The van der Waals surface area contributed by atoms with E-state index in [4.69, 9.17) is 4.84 Å². The predicted octanol–water partition coefficient (Wildman–Crippen LogP) is 3.17. The van der Waals surface area contributed by atoms with E-state index in [9.17, 15) is 19.5 Å². The van der Waals surface area contributed by atoms with Crippen molar-refractivity contribution in [1.29, 1.82) is 0 Å². The molecule has 10 heteroatoms. The molecule has 3 amide bonds. The molecule has 2 atom stereocenters. The summed E-state index contributed by atoms with van der Waals surface area (Å²) in [6.45, 7) is 0.808. The minimum absolute atomic E-state index is 0.177. The number of nitrogens with one attached hydrogen (secondary N) is 1. The normalized spacial score (nSPS) is 18.6. The fourth-order valence-corrected chi connectivity index (χ4v) is 5.49. The fraction of sp³-hybridized carbons (Fsp3) is 0.250. The number of carboxylic acid groups (broad SMARTS) is 1. The Morgan fingerprint density at radius 1 is 1.15 bits per heavy atom. The SMILES string of the molecule is O=C(NCCc1ccncc1)c1cc2c(s1)[C@@H](C(=O)O)N1C[C@@H]2N(OCc2ccccc2)C1=O. The Labute approximate surface area is 199 Å². The van der Waals surface area contributed by atoms with Crippen LogP contribution in [-0.2, 0) is 22.7 Å². The topological polar surface area (TPSA) is 112 Å². The van der Waals surface area contributed by atoms with Crippen molar-refractivity contribution in [2.75, 3.05) is 13.1 Å². The quantitative estimate of drug-likeness (QED) is 0.514. The van der Waals surface area contributed by atoms with E-state index in [0.29, 0.717) is 28.3 Å². The number of hydrogen-bond acceptors (Lipinski definition) is 6. The summed E-state index contributed by atoms with van der Waals surface area (Å²) >= 11 is 1.11. The van der Waals surface area contributed by atoms with Gasteiger partial charge in [0.25, 0.3) is 5.91 Å². The summed E-state index contributed by atoms with van der Waals surface area (Å²) in [6.07, 6.45) is 4.06. The highest BCUT2D eigenvalue weighted by atomic mass is 32.1. The molecule has 0 saturated carbocycles. The molecule has 3 aromatic rings. The van der Waals surface area contributed by atoms with Crippen LogP contribution in [0.3, 0.4) is 0 Å². The molecule has 2 bridgehead atoms. The standard InChI is InChI=1S/C24H22N4O5S/c29-22(26-11-8-15-6-9-25-10-7-15)19-12-17-18-13-27(20(23(30)31)21(17)34-19)24(32)28(18)33-14-16-4-2-1-3-5-16/h1-7,9-10,12,18,20H,8,11,13-14H2,(H,26,29)(H,30,31)/t18-,20-/m0/s1. The van der Waals surface area contributed by atoms with E-state index in [1.54, 1.807) is 18.5 Å². The molecule has 0 unspecified atom stereocenters. The third-order valence-corrected chi connectivity index (χ3v) is 7.12. The average Bonchev–Trinajstić information content (AvgIpc) is 3.40. The highest BCUT2D eigenvalue weighted by Crippen LogP contribution is 2.47. The molecule has 9 nitrogen and oxygen atoms in total. The number of urea groups is 1. The zero-order valence-electron chi connectivity index (χ0n) is 18.1. The molecule has 2 aliphatic rings. The second-order valence-corrected chi connectivity index (χ2v) is 9.15. The Bertz CT molecular complexity index is 1220. The van der Waals surface area contributed by atoms with Gasteiger partial charge in [0, 0.05) is 23.8 Å². The summed E-state index contributed by atoms with van der Waals surface area (Å²) in [6, 6.07) is 12.8. The van der Waals surface area contributed by atoms with Crippen LogP contribution in [-0.4, -0.2) is 51.1 Å². The highest BCUT2D eigenvalue weighted by Gasteiger charge is 2.52. The van der Waals surface area contributed by atoms with Gasteiger partial charge in [-0.05, 0) is 41.3 Å². The predicted molar refractivity (Wildman–Crippen MR) is 123 cm³/mol. The largest absolute Gasteiger partial charge is 0.479 e. The van der Waals surface area contributed by atoms with Gasteiger partial charge in [-0.2, -0.15) is 5.06 Å². The lowest BCUT2D eigenvalue weighted by molar-refractivity contribution is -0.143. The first kappa shape index (κ1) is 22.1. The summed E-state index contributed by atoms with van der Waals surface area (Å²) in [5.74, 6) is -1.41. The first-order valence-electron chi connectivity index (χ1n) is 10.8. The number of thiophene rings is 1. The second-order valence-electron chi connectivity index (χ2n) is 8.07. The maximum absolute atomic E-state index is 13.0. The van der Waals surface area contributed by atoms with E-state index in [-0.39, 0.29) is 19.1 Å². The minimum Gasteiger partial charge on any atom is -0.479 e. The van der Waals surface area contributed by atoms with E-state index < -0.39 is 24.1 Å². The van der Waals surface area contributed by atoms with Gasteiger partial charge in [0.2, 0.25) is 0 Å². The molecule has 1 saturated heterocycles. The summed E-state index contributed by atoms with van der Waals surface area (Å²) in [5, 5.41) is 14.0. The van der Waals surface area contributed by atoms with Crippen LogP contribution in [0.2, 0.25) is 0 Å². The van der Waals surface area contributed by atoms with Crippen molar-refractivity contribution in [3.8, 4) is 0 Å². The number of carbonyl (C=O) groups is 3. The maximum Gasteiger partial charge on any atom is 0.345 e. The van der Waals surface area contributed by atoms with Crippen LogP contribution in [0.5, 0.6) is 0 Å². The molecule has 2 aromatic heterocycles. The van der Waals surface area contributed by atoms with Crippen molar-refractivity contribution in [3.05, 3.63) is 87.4 Å². The Morgan fingerprint density at radius 3 is 2.65 bits per heavy atom. The molecule has 2 N–H and O–H groups in total. The Kier molecular flexibility index (Phi) is 5.99. The number of carboxylic acids is 1. The van der Waals surface area contributed by atoms with Gasteiger partial charge in [-0.3, -0.25) is 14.6 Å². The molecule has 4 heterocycles. The average molecular weight is 479 g/mol. The lowest BCUT2D eigenvalue weighted by Gasteiger charge is -2.27. The number of amides is 3. The van der Waals surface area contributed by atoms with Crippen molar-refractivity contribution in [2.45, 2.75) is 25.1 Å². The Morgan fingerprint density at radius 2 is 1.91 bits per heavy atom. The van der Waals surface area contributed by atoms with Crippen LogP contribution in [0, 0.1) is 0 Å². The van der Waals surface area contributed by atoms with Crippen LogP contribution in [0.1, 0.15) is 43.3 Å². The molecule has 0 spiro atoms. The Balaban J connectivity index is 1.34. The molecular formula is C24H22N4O5S. The van der Waals surface area contributed by atoms with Crippen molar-refractivity contribution < 1.29 is 24.3 Å². The fourth-order valence-electron chi connectivity index (χ4n) is 4.25. The lowest BCUT2D eigenvalue weighted by atomic mass is 9.99. The summed E-state index contributed by atoms with van der Waals surface area (Å²) in [4.78, 5) is 49.9. The first-order chi connectivity index (χ1) is 16.5. The van der Waals surface area contributed by atoms with Crippen molar-refractivity contribution in [3.63, 3.8) is 0 Å². The number of hydrogen-bond donors (Lipinski definition) is 2. The smallest absolute Gasteiger partial charge is 0.345 e. The molecule has 1 fully saturated rings. The minimum atomic E-state index is -1.15. The monoisotopic (exact) mass is 478 g/mol. The molecular weight excluding hydrogens is 456 g/mol. The van der Waals surface area contributed by atoms with Gasteiger partial charge in [-0.25, -0.2) is 9.59 Å². The van der Waals surface area contributed by atoms with Crippen LogP contribution in [0.4, 0.5) is 4.79 Å². The Hall–Kier alpha value is -3.76. The number of fused-ring (bicyclic) bond motifs is 4.